The average Bonchev–Trinajstić information content (AvgIpc) is 2.54. The number of hydrogen-bond acceptors (Lipinski definition) is 2. The van der Waals surface area contributed by atoms with E-state index >= 15 is 0 Å². The van der Waals surface area contributed by atoms with Gasteiger partial charge in [0.2, 0.25) is 0 Å². The van der Waals surface area contributed by atoms with Crippen molar-refractivity contribution in [3.63, 3.8) is 0 Å². The van der Waals surface area contributed by atoms with E-state index in [0.29, 0.717) is 13.1 Å². The number of aliphatic hydroxyl groups excluding tert-OH is 1. The van der Waals surface area contributed by atoms with Crippen LogP contribution in [-0.2, 0) is 12.6 Å². The summed E-state index contributed by atoms with van der Waals surface area (Å²) in [5, 5.41) is 12.0. The molecule has 0 bridgehead atoms. The minimum Gasteiger partial charge on any atom is -0.396 e. The minimum atomic E-state index is -4.40. The molecule has 0 spiro atoms. The summed E-state index contributed by atoms with van der Waals surface area (Å²) in [6.45, 7) is 2.82. The molecule has 1 aromatic carbocycles. The number of piperidine rings is 1. The van der Waals surface area contributed by atoms with Gasteiger partial charge in [0.1, 0.15) is 0 Å². The Balaban J connectivity index is 1.96. The molecule has 0 radical (unpaired) electrons. The van der Waals surface area contributed by atoms with Crippen molar-refractivity contribution in [2.24, 2.45) is 5.92 Å². The van der Waals surface area contributed by atoms with Gasteiger partial charge < -0.3 is 15.3 Å². The molecule has 2 amide bonds. The van der Waals surface area contributed by atoms with E-state index in [-0.39, 0.29) is 30.5 Å². The molecule has 1 aliphatic heterocycles. The summed E-state index contributed by atoms with van der Waals surface area (Å²) < 4.78 is 39.0. The number of likely N-dealkylation sites (tertiary alicyclic amines) is 1. The number of nitrogens with zero attached hydrogens (tertiary/aromatic N) is 1. The Morgan fingerprint density at radius 3 is 2.79 bits per heavy atom. The highest BCUT2D eigenvalue weighted by atomic mass is 19.4. The van der Waals surface area contributed by atoms with Crippen molar-refractivity contribution in [1.82, 2.24) is 10.2 Å². The van der Waals surface area contributed by atoms with Crippen LogP contribution < -0.4 is 5.32 Å². The fourth-order valence-electron chi connectivity index (χ4n) is 3.06. The molecule has 7 heteroatoms. The van der Waals surface area contributed by atoms with E-state index in [0.717, 1.165) is 18.9 Å². The van der Waals surface area contributed by atoms with Crippen molar-refractivity contribution < 1.29 is 23.1 Å². The summed E-state index contributed by atoms with van der Waals surface area (Å²) in [5.74, 6) is 0.0748. The molecule has 0 unspecified atom stereocenters. The zero-order chi connectivity index (χ0) is 17.7. The lowest BCUT2D eigenvalue weighted by Crippen LogP contribution is -2.49. The molecule has 1 fully saturated rings. The summed E-state index contributed by atoms with van der Waals surface area (Å²) in [6, 6.07) is 4.71. The summed E-state index contributed by atoms with van der Waals surface area (Å²) in [4.78, 5) is 13.9. The molecule has 4 nitrogen and oxygen atoms in total. The van der Waals surface area contributed by atoms with Crippen molar-refractivity contribution in [1.29, 1.82) is 0 Å². The Labute approximate surface area is 139 Å². The van der Waals surface area contributed by atoms with E-state index in [1.165, 1.54) is 12.1 Å². The molecule has 0 saturated carbocycles. The van der Waals surface area contributed by atoms with E-state index in [1.54, 1.807) is 17.9 Å². The van der Waals surface area contributed by atoms with Crippen LogP contribution in [0.2, 0.25) is 0 Å². The number of amides is 2. The smallest absolute Gasteiger partial charge is 0.396 e. The van der Waals surface area contributed by atoms with Crippen molar-refractivity contribution in [3.05, 3.63) is 35.4 Å². The van der Waals surface area contributed by atoms with Crippen LogP contribution in [0.25, 0.3) is 0 Å². The number of aliphatic hydroxyl groups is 1. The maximum Gasteiger partial charge on any atom is 0.416 e. The third kappa shape index (κ3) is 4.87. The van der Waals surface area contributed by atoms with Crippen LogP contribution in [0.4, 0.5) is 18.0 Å². The Morgan fingerprint density at radius 1 is 1.42 bits per heavy atom. The number of urea groups is 1. The van der Waals surface area contributed by atoms with Gasteiger partial charge in [-0.2, -0.15) is 13.2 Å². The van der Waals surface area contributed by atoms with E-state index in [4.69, 9.17) is 0 Å². The zero-order valence-electron chi connectivity index (χ0n) is 13.6. The molecule has 24 heavy (non-hydrogen) atoms. The minimum absolute atomic E-state index is 0.0400. The number of carbonyl (C=O) groups excluding carboxylic acids is 1. The maximum atomic E-state index is 13.0. The predicted molar refractivity (Wildman–Crippen MR) is 84.5 cm³/mol. The number of hydrogen-bond donors (Lipinski definition) is 2. The first-order chi connectivity index (χ1) is 11.3. The number of rotatable bonds is 4. The number of halogens is 3. The van der Waals surface area contributed by atoms with Gasteiger partial charge in [-0.1, -0.05) is 18.2 Å². The Bertz CT molecular complexity index is 563. The third-order valence-electron chi connectivity index (χ3n) is 4.28. The average molecular weight is 344 g/mol. The molecule has 1 saturated heterocycles. The maximum absolute atomic E-state index is 13.0. The first kappa shape index (κ1) is 18.6. The summed E-state index contributed by atoms with van der Waals surface area (Å²) >= 11 is 0. The number of alkyl halides is 3. The Morgan fingerprint density at radius 2 is 2.12 bits per heavy atom. The molecule has 0 aromatic heterocycles. The zero-order valence-corrected chi connectivity index (χ0v) is 13.6. The molecular weight excluding hydrogens is 321 g/mol. The largest absolute Gasteiger partial charge is 0.416 e. The van der Waals surface area contributed by atoms with E-state index in [1.807, 2.05) is 0 Å². The summed E-state index contributed by atoms with van der Waals surface area (Å²) in [7, 11) is 0. The molecule has 0 aliphatic carbocycles. The van der Waals surface area contributed by atoms with Gasteiger partial charge in [0.15, 0.2) is 0 Å². The molecule has 1 aromatic rings. The summed E-state index contributed by atoms with van der Waals surface area (Å²) in [6.07, 6.45) is -2.58. The lowest BCUT2D eigenvalue weighted by molar-refractivity contribution is -0.138. The predicted octanol–water partition coefficient (Wildman–Crippen LogP) is 3.05. The van der Waals surface area contributed by atoms with Crippen LogP contribution in [0.3, 0.4) is 0 Å². The molecular formula is C17H23F3N2O2. The van der Waals surface area contributed by atoms with Gasteiger partial charge in [-0.05, 0) is 43.7 Å². The van der Waals surface area contributed by atoms with Gasteiger partial charge in [0, 0.05) is 25.7 Å². The second kappa shape index (κ2) is 7.88. The molecule has 2 atom stereocenters. The topological polar surface area (TPSA) is 52.6 Å². The van der Waals surface area contributed by atoms with E-state index in [2.05, 4.69) is 5.32 Å². The van der Waals surface area contributed by atoms with Crippen molar-refractivity contribution in [2.45, 2.75) is 38.4 Å². The lowest BCUT2D eigenvalue weighted by atomic mass is 9.99. The van der Waals surface area contributed by atoms with E-state index < -0.39 is 17.8 Å². The standard InChI is InChI=1S/C17H23F3N2O2/c1-12(9-14-6-2-3-7-15(14)17(18,19)20)21-16(24)22-8-4-5-13(10-22)11-23/h2-3,6-7,12-13,23H,4-5,8-11H2,1H3,(H,21,24)/t12-,13-/m0/s1. The van der Waals surface area contributed by atoms with E-state index in [9.17, 15) is 23.1 Å². The monoisotopic (exact) mass is 344 g/mol. The quantitative estimate of drug-likeness (QED) is 0.882. The summed E-state index contributed by atoms with van der Waals surface area (Å²) in [5.41, 5.74) is -0.492. The second-order valence-corrected chi connectivity index (χ2v) is 6.35. The normalized spacial score (nSPS) is 19.9. The highest BCUT2D eigenvalue weighted by Gasteiger charge is 2.33. The third-order valence-corrected chi connectivity index (χ3v) is 4.28. The first-order valence-electron chi connectivity index (χ1n) is 8.12. The van der Waals surface area contributed by atoms with Crippen LogP contribution in [-0.4, -0.2) is 41.8 Å². The van der Waals surface area contributed by atoms with Gasteiger partial charge in [0.25, 0.3) is 0 Å². The lowest BCUT2D eigenvalue weighted by Gasteiger charge is -2.32. The van der Waals surface area contributed by atoms with Crippen molar-refractivity contribution in [2.75, 3.05) is 19.7 Å². The van der Waals surface area contributed by atoms with Crippen molar-refractivity contribution >= 4 is 6.03 Å². The van der Waals surface area contributed by atoms with Crippen LogP contribution in [0, 0.1) is 5.92 Å². The van der Waals surface area contributed by atoms with Crippen LogP contribution >= 0.6 is 0 Å². The Hall–Kier alpha value is -1.76. The van der Waals surface area contributed by atoms with Gasteiger partial charge in [0.05, 0.1) is 5.56 Å². The fourth-order valence-corrected chi connectivity index (χ4v) is 3.06. The number of carbonyl (C=O) groups is 1. The van der Waals surface area contributed by atoms with Crippen LogP contribution in [0.15, 0.2) is 24.3 Å². The number of nitrogens with one attached hydrogen (secondary N) is 1. The van der Waals surface area contributed by atoms with Gasteiger partial charge in [-0.15, -0.1) is 0 Å². The SMILES string of the molecule is C[C@@H](Cc1ccccc1C(F)(F)F)NC(=O)N1CCC[C@H](CO)C1. The highest BCUT2D eigenvalue weighted by Crippen LogP contribution is 2.32. The first-order valence-corrected chi connectivity index (χ1v) is 8.12. The molecule has 134 valence electrons. The van der Waals surface area contributed by atoms with Crippen LogP contribution in [0.1, 0.15) is 30.9 Å². The molecule has 1 aliphatic rings. The van der Waals surface area contributed by atoms with Crippen molar-refractivity contribution in [3.8, 4) is 0 Å². The van der Waals surface area contributed by atoms with Gasteiger partial charge >= 0.3 is 12.2 Å². The second-order valence-electron chi connectivity index (χ2n) is 6.35. The number of benzene rings is 1. The molecule has 2 rings (SSSR count). The van der Waals surface area contributed by atoms with Gasteiger partial charge in [-0.25, -0.2) is 4.79 Å². The Kier molecular flexibility index (Phi) is 6.10. The van der Waals surface area contributed by atoms with Gasteiger partial charge in [-0.3, -0.25) is 0 Å². The molecule has 1 heterocycles. The van der Waals surface area contributed by atoms with Crippen LogP contribution in [0.5, 0.6) is 0 Å². The fraction of sp³-hybridized carbons (Fsp3) is 0.588. The molecule has 2 N–H and O–H groups in total. The highest BCUT2D eigenvalue weighted by molar-refractivity contribution is 5.74.